The van der Waals surface area contributed by atoms with E-state index in [9.17, 15) is 9.18 Å². The molecule has 4 rings (SSSR count). The number of carbonyl (C=O) groups excluding carboxylic acids is 1. The molecule has 0 radical (unpaired) electrons. The van der Waals surface area contributed by atoms with E-state index >= 15 is 0 Å². The van der Waals surface area contributed by atoms with Crippen molar-refractivity contribution < 1.29 is 13.9 Å². The van der Waals surface area contributed by atoms with Crippen LogP contribution >= 0.6 is 0 Å². The molecule has 26 heavy (non-hydrogen) atoms. The van der Waals surface area contributed by atoms with Crippen molar-refractivity contribution in [2.75, 3.05) is 13.2 Å². The number of hydrogen-bond acceptors (Lipinski definition) is 5. The van der Waals surface area contributed by atoms with Crippen molar-refractivity contribution in [1.82, 2.24) is 25.0 Å². The fraction of sp³-hybridized carbons (Fsp3) is 0.294. The Morgan fingerprint density at radius 3 is 3.00 bits per heavy atom. The van der Waals surface area contributed by atoms with Gasteiger partial charge in [0.2, 0.25) is 5.91 Å². The van der Waals surface area contributed by atoms with Gasteiger partial charge in [-0.25, -0.2) is 14.1 Å². The lowest BCUT2D eigenvalue weighted by atomic mass is 10.1. The first-order valence-corrected chi connectivity index (χ1v) is 8.24. The summed E-state index contributed by atoms with van der Waals surface area (Å²) in [4.78, 5) is 15.6. The lowest BCUT2D eigenvalue weighted by Crippen LogP contribution is -2.16. The summed E-state index contributed by atoms with van der Waals surface area (Å²) in [6, 6.07) is 8.13. The maximum atomic E-state index is 14.0. The van der Waals surface area contributed by atoms with E-state index in [1.54, 1.807) is 28.9 Å². The number of nitrogens with one attached hydrogen (secondary N) is 1. The van der Waals surface area contributed by atoms with Crippen LogP contribution in [-0.2, 0) is 16.0 Å². The van der Waals surface area contributed by atoms with E-state index in [1.807, 2.05) is 0 Å². The summed E-state index contributed by atoms with van der Waals surface area (Å²) in [5.74, 6) is -0.00747. The first kappa shape index (κ1) is 16.4. The molecule has 3 N–H and O–H groups in total. The van der Waals surface area contributed by atoms with E-state index in [1.165, 1.54) is 6.07 Å². The highest BCUT2D eigenvalue weighted by Crippen LogP contribution is 2.28. The molecule has 0 bridgehead atoms. The number of nitrogens with zero attached hydrogens (tertiary/aromatic N) is 4. The molecule has 1 atom stereocenters. The normalized spacial score (nSPS) is 16.9. The Kier molecular flexibility index (Phi) is 4.21. The third-order valence-corrected chi connectivity index (χ3v) is 4.23. The summed E-state index contributed by atoms with van der Waals surface area (Å²) < 4.78 is 21.2. The zero-order valence-electron chi connectivity index (χ0n) is 13.9. The molecule has 1 aliphatic rings. The summed E-state index contributed by atoms with van der Waals surface area (Å²) in [7, 11) is 0. The van der Waals surface area contributed by atoms with E-state index in [2.05, 4.69) is 20.3 Å². The molecule has 3 aromatic rings. The van der Waals surface area contributed by atoms with Gasteiger partial charge in [0.05, 0.1) is 24.8 Å². The molecule has 9 heteroatoms. The van der Waals surface area contributed by atoms with Crippen LogP contribution in [0.25, 0.3) is 22.8 Å². The number of carbonyl (C=O) groups is 1. The Labute approximate surface area is 148 Å². The summed E-state index contributed by atoms with van der Waals surface area (Å²) in [5.41, 5.74) is 6.70. The number of hydrogen-bond donors (Lipinski definition) is 2. The number of H-pyrrole nitrogens is 1. The van der Waals surface area contributed by atoms with Crippen molar-refractivity contribution in [1.29, 1.82) is 0 Å². The summed E-state index contributed by atoms with van der Waals surface area (Å²) in [6.07, 6.45) is 0.739. The Morgan fingerprint density at radius 1 is 1.42 bits per heavy atom. The van der Waals surface area contributed by atoms with Crippen LogP contribution in [0.3, 0.4) is 0 Å². The highest BCUT2D eigenvalue weighted by molar-refractivity contribution is 5.75. The smallest absolute Gasteiger partial charge is 0.225 e. The Morgan fingerprint density at radius 2 is 2.27 bits per heavy atom. The van der Waals surface area contributed by atoms with Crippen molar-refractivity contribution in [2.24, 2.45) is 5.73 Å². The molecule has 0 saturated carbocycles. The lowest BCUT2D eigenvalue weighted by molar-refractivity contribution is -0.117. The minimum Gasteiger partial charge on any atom is -0.379 e. The van der Waals surface area contributed by atoms with Crippen LogP contribution in [0.15, 0.2) is 30.3 Å². The van der Waals surface area contributed by atoms with E-state index in [0.29, 0.717) is 41.8 Å². The van der Waals surface area contributed by atoms with Crippen LogP contribution in [0.5, 0.6) is 0 Å². The van der Waals surface area contributed by atoms with Crippen molar-refractivity contribution in [3.8, 4) is 22.8 Å². The van der Waals surface area contributed by atoms with Crippen LogP contribution < -0.4 is 5.73 Å². The van der Waals surface area contributed by atoms with Gasteiger partial charge in [0.15, 0.2) is 11.6 Å². The van der Waals surface area contributed by atoms with E-state index < -0.39 is 5.91 Å². The zero-order chi connectivity index (χ0) is 18.1. The fourth-order valence-corrected chi connectivity index (χ4v) is 2.99. The number of aromatic nitrogens is 5. The monoisotopic (exact) mass is 356 g/mol. The van der Waals surface area contributed by atoms with E-state index in [4.69, 9.17) is 10.5 Å². The molecule has 134 valence electrons. The lowest BCUT2D eigenvalue weighted by Gasteiger charge is -2.10. The van der Waals surface area contributed by atoms with Crippen molar-refractivity contribution in [3.63, 3.8) is 0 Å². The molecule has 1 aromatic carbocycles. The summed E-state index contributed by atoms with van der Waals surface area (Å²) >= 11 is 0. The number of rotatable bonds is 5. The Hall–Kier alpha value is -3.07. The van der Waals surface area contributed by atoms with Crippen LogP contribution in [0, 0.1) is 5.82 Å². The second-order valence-corrected chi connectivity index (χ2v) is 6.10. The van der Waals surface area contributed by atoms with Gasteiger partial charge in [-0.3, -0.25) is 9.89 Å². The van der Waals surface area contributed by atoms with Gasteiger partial charge in [-0.15, -0.1) is 0 Å². The molecule has 8 nitrogen and oxygen atoms in total. The SMILES string of the molecule is NC(=O)Cc1nc(-c2cc(-c3ccccc3F)n[nH]2)n(C2CCOC2)n1. The Balaban J connectivity index is 1.74. The van der Waals surface area contributed by atoms with Crippen LogP contribution in [-0.4, -0.2) is 44.1 Å². The number of nitrogens with two attached hydrogens (primary N) is 1. The standard InChI is InChI=1S/C17H17FN6O2/c18-12-4-2-1-3-11(12)13-7-14(22-21-13)17-20-16(8-15(19)25)23-24(17)10-5-6-26-9-10/h1-4,7,10H,5-6,8-9H2,(H2,19,25)(H,21,22). The van der Waals surface area contributed by atoms with Gasteiger partial charge in [0.25, 0.3) is 0 Å². The molecule has 1 aliphatic heterocycles. The summed E-state index contributed by atoms with van der Waals surface area (Å²) in [6.45, 7) is 1.15. The molecule has 2 aromatic heterocycles. The highest BCUT2D eigenvalue weighted by Gasteiger charge is 2.25. The average Bonchev–Trinajstić information content (AvgIpc) is 3.34. The molecule has 0 spiro atoms. The first-order valence-electron chi connectivity index (χ1n) is 8.24. The zero-order valence-corrected chi connectivity index (χ0v) is 13.9. The van der Waals surface area contributed by atoms with Crippen molar-refractivity contribution in [2.45, 2.75) is 18.9 Å². The van der Waals surface area contributed by atoms with Crippen molar-refractivity contribution >= 4 is 5.91 Å². The van der Waals surface area contributed by atoms with Gasteiger partial charge in [0.1, 0.15) is 11.5 Å². The third-order valence-electron chi connectivity index (χ3n) is 4.23. The minimum absolute atomic E-state index is 0.0133. The van der Waals surface area contributed by atoms with E-state index in [0.717, 1.165) is 6.42 Å². The molecule has 1 amide bonds. The average molecular weight is 356 g/mol. The first-order chi connectivity index (χ1) is 12.6. The summed E-state index contributed by atoms with van der Waals surface area (Å²) in [5, 5.41) is 11.5. The van der Waals surface area contributed by atoms with Gasteiger partial charge in [0, 0.05) is 12.2 Å². The predicted molar refractivity (Wildman–Crippen MR) is 90.4 cm³/mol. The molecule has 1 fully saturated rings. The van der Waals surface area contributed by atoms with E-state index in [-0.39, 0.29) is 18.3 Å². The number of benzene rings is 1. The third kappa shape index (κ3) is 3.08. The van der Waals surface area contributed by atoms with Gasteiger partial charge in [-0.2, -0.15) is 10.2 Å². The number of amides is 1. The second kappa shape index (κ2) is 6.68. The number of aromatic amines is 1. The number of primary amides is 1. The van der Waals surface area contributed by atoms with Gasteiger partial charge in [-0.1, -0.05) is 12.1 Å². The van der Waals surface area contributed by atoms with Gasteiger partial charge in [-0.05, 0) is 24.6 Å². The van der Waals surface area contributed by atoms with Crippen LogP contribution in [0.4, 0.5) is 4.39 Å². The number of ether oxygens (including phenoxy) is 1. The fourth-order valence-electron chi connectivity index (χ4n) is 2.99. The largest absolute Gasteiger partial charge is 0.379 e. The maximum Gasteiger partial charge on any atom is 0.225 e. The number of halogens is 1. The molecular weight excluding hydrogens is 339 g/mol. The van der Waals surface area contributed by atoms with Gasteiger partial charge < -0.3 is 10.5 Å². The maximum absolute atomic E-state index is 14.0. The molecule has 0 aliphatic carbocycles. The quantitative estimate of drug-likeness (QED) is 0.719. The minimum atomic E-state index is -0.506. The van der Waals surface area contributed by atoms with Crippen LogP contribution in [0.2, 0.25) is 0 Å². The molecule has 1 saturated heterocycles. The highest BCUT2D eigenvalue weighted by atomic mass is 19.1. The van der Waals surface area contributed by atoms with Crippen molar-refractivity contribution in [3.05, 3.63) is 42.0 Å². The van der Waals surface area contributed by atoms with Crippen LogP contribution in [0.1, 0.15) is 18.3 Å². The topological polar surface area (TPSA) is 112 Å². The predicted octanol–water partition coefficient (Wildman–Crippen LogP) is 1.46. The molecule has 1 unspecified atom stereocenters. The molecule has 3 heterocycles. The molecular formula is C17H17FN6O2. The Bertz CT molecular complexity index is 944. The second-order valence-electron chi connectivity index (χ2n) is 6.10. The van der Waals surface area contributed by atoms with Gasteiger partial charge >= 0.3 is 0 Å².